The highest BCUT2D eigenvalue weighted by Crippen LogP contribution is 2.24. The zero-order valence-corrected chi connectivity index (χ0v) is 18.8. The molecule has 0 aliphatic heterocycles. The summed E-state index contributed by atoms with van der Waals surface area (Å²) in [4.78, 5) is 12.4. The summed E-state index contributed by atoms with van der Waals surface area (Å²) in [6.45, 7) is 4.48. The molecule has 7 nitrogen and oxygen atoms in total. The first kappa shape index (κ1) is 21.9. The van der Waals surface area contributed by atoms with Gasteiger partial charge in [-0.05, 0) is 42.5 Å². The fourth-order valence-electron chi connectivity index (χ4n) is 2.55. The molecule has 30 heavy (non-hydrogen) atoms. The van der Waals surface area contributed by atoms with Gasteiger partial charge in [0.05, 0.1) is 19.4 Å². The molecule has 1 N–H and O–H groups in total. The molecule has 3 rings (SSSR count). The second-order valence-electron chi connectivity index (χ2n) is 6.12. The number of amides is 1. The zero-order chi connectivity index (χ0) is 21.3. The lowest BCUT2D eigenvalue weighted by Gasteiger charge is -2.09. The quantitative estimate of drug-likeness (QED) is 0.333. The Labute approximate surface area is 187 Å². The lowest BCUT2D eigenvalue weighted by molar-refractivity contribution is -0.113. The number of aromatic nitrogens is 3. The Kier molecular flexibility index (Phi) is 7.92. The number of nitrogens with one attached hydrogen (secondary N) is 1. The van der Waals surface area contributed by atoms with Gasteiger partial charge in [0.15, 0.2) is 0 Å². The number of methoxy groups -OCH3 is 1. The van der Waals surface area contributed by atoms with Gasteiger partial charge >= 0.3 is 0 Å². The maximum atomic E-state index is 12.4. The summed E-state index contributed by atoms with van der Waals surface area (Å²) in [5.74, 6) is 1.54. The van der Waals surface area contributed by atoms with Crippen molar-refractivity contribution in [2.45, 2.75) is 18.2 Å². The van der Waals surface area contributed by atoms with Crippen LogP contribution in [0.25, 0.3) is 0 Å². The number of thioether (sulfide) groups is 1. The van der Waals surface area contributed by atoms with E-state index in [0.717, 1.165) is 20.9 Å². The SMILES string of the molecule is C=CCn1nnc(COc2ccc(OC)cc2)c1SCC(=O)Nc1cccc(Br)c1. The van der Waals surface area contributed by atoms with Crippen LogP contribution in [0.2, 0.25) is 0 Å². The van der Waals surface area contributed by atoms with E-state index >= 15 is 0 Å². The van der Waals surface area contributed by atoms with Crippen LogP contribution in [-0.2, 0) is 17.9 Å². The van der Waals surface area contributed by atoms with Crippen LogP contribution in [0.5, 0.6) is 11.5 Å². The van der Waals surface area contributed by atoms with Crippen molar-refractivity contribution in [2.24, 2.45) is 0 Å². The van der Waals surface area contributed by atoms with Crippen molar-refractivity contribution < 1.29 is 14.3 Å². The van der Waals surface area contributed by atoms with Crippen molar-refractivity contribution in [1.82, 2.24) is 15.0 Å². The molecule has 1 aromatic heterocycles. The highest BCUT2D eigenvalue weighted by Gasteiger charge is 2.16. The molecule has 1 amide bonds. The van der Waals surface area contributed by atoms with Gasteiger partial charge in [0, 0.05) is 10.2 Å². The topological polar surface area (TPSA) is 78.3 Å². The fourth-order valence-corrected chi connectivity index (χ4v) is 3.82. The second-order valence-corrected chi connectivity index (χ2v) is 8.00. The molecule has 0 spiro atoms. The van der Waals surface area contributed by atoms with E-state index in [-0.39, 0.29) is 18.3 Å². The lowest BCUT2D eigenvalue weighted by Crippen LogP contribution is -2.15. The number of carbonyl (C=O) groups excluding carboxylic acids is 1. The molecule has 0 atom stereocenters. The molecule has 0 radical (unpaired) electrons. The number of hydrogen-bond acceptors (Lipinski definition) is 6. The van der Waals surface area contributed by atoms with Crippen molar-refractivity contribution in [1.29, 1.82) is 0 Å². The lowest BCUT2D eigenvalue weighted by atomic mass is 10.3. The normalized spacial score (nSPS) is 10.5. The molecular weight excluding hydrogens is 468 g/mol. The Morgan fingerprint density at radius 3 is 2.73 bits per heavy atom. The number of rotatable bonds is 10. The molecule has 0 saturated heterocycles. The molecule has 156 valence electrons. The van der Waals surface area contributed by atoms with Gasteiger partial charge < -0.3 is 14.8 Å². The van der Waals surface area contributed by atoms with Crippen molar-refractivity contribution in [3.05, 3.63) is 71.4 Å². The number of hydrogen-bond donors (Lipinski definition) is 1. The molecule has 1 heterocycles. The number of carbonyl (C=O) groups is 1. The molecule has 0 unspecified atom stereocenters. The van der Waals surface area contributed by atoms with E-state index in [4.69, 9.17) is 9.47 Å². The minimum atomic E-state index is -0.119. The molecule has 0 bridgehead atoms. The average Bonchev–Trinajstić information content (AvgIpc) is 3.13. The highest BCUT2D eigenvalue weighted by molar-refractivity contribution is 9.10. The van der Waals surface area contributed by atoms with E-state index in [9.17, 15) is 4.79 Å². The molecule has 0 aliphatic rings. The molecule has 0 saturated carbocycles. The number of ether oxygens (including phenoxy) is 2. The van der Waals surface area contributed by atoms with Gasteiger partial charge in [0.1, 0.15) is 28.8 Å². The monoisotopic (exact) mass is 488 g/mol. The van der Waals surface area contributed by atoms with Gasteiger partial charge in [0.2, 0.25) is 5.91 Å². The molecule has 3 aromatic rings. The predicted octanol–water partition coefficient (Wildman–Crippen LogP) is 4.55. The van der Waals surface area contributed by atoms with Gasteiger partial charge in [-0.15, -0.1) is 11.7 Å². The third-order valence-electron chi connectivity index (χ3n) is 3.94. The maximum absolute atomic E-state index is 12.4. The van der Waals surface area contributed by atoms with E-state index < -0.39 is 0 Å². The summed E-state index contributed by atoms with van der Waals surface area (Å²) < 4.78 is 13.6. The third-order valence-corrected chi connectivity index (χ3v) is 5.56. The van der Waals surface area contributed by atoms with E-state index in [1.54, 1.807) is 17.9 Å². The van der Waals surface area contributed by atoms with Crippen LogP contribution in [0.4, 0.5) is 5.69 Å². The predicted molar refractivity (Wildman–Crippen MR) is 121 cm³/mol. The summed E-state index contributed by atoms with van der Waals surface area (Å²) in [6.07, 6.45) is 1.73. The van der Waals surface area contributed by atoms with Gasteiger partial charge in [-0.2, -0.15) is 0 Å². The Hall–Kier alpha value is -2.78. The average molecular weight is 489 g/mol. The molecular formula is C21H21BrN4O3S. The van der Waals surface area contributed by atoms with Crippen LogP contribution in [0.1, 0.15) is 5.69 Å². The minimum Gasteiger partial charge on any atom is -0.497 e. The molecule has 9 heteroatoms. The summed E-state index contributed by atoms with van der Waals surface area (Å²) in [7, 11) is 1.62. The van der Waals surface area contributed by atoms with E-state index in [0.29, 0.717) is 18.0 Å². The first-order valence-corrected chi connectivity index (χ1v) is 10.8. The van der Waals surface area contributed by atoms with Gasteiger partial charge in [-0.1, -0.05) is 45.0 Å². The standard InChI is InChI=1S/C21H21BrN4O3S/c1-3-11-26-21(30-14-20(27)23-16-6-4-5-15(22)12-16)19(24-25-26)13-29-18-9-7-17(28-2)8-10-18/h3-10,12H,1,11,13-14H2,2H3,(H,23,27). The minimum absolute atomic E-state index is 0.119. The summed E-state index contributed by atoms with van der Waals surface area (Å²) >= 11 is 4.76. The molecule has 0 aliphatic carbocycles. The van der Waals surface area contributed by atoms with E-state index in [1.807, 2.05) is 48.5 Å². The van der Waals surface area contributed by atoms with Gasteiger partial charge in [-0.3, -0.25) is 4.79 Å². The zero-order valence-electron chi connectivity index (χ0n) is 16.4. The molecule has 0 fully saturated rings. The Bertz CT molecular complexity index is 1010. The van der Waals surface area contributed by atoms with Crippen molar-refractivity contribution in [3.63, 3.8) is 0 Å². The van der Waals surface area contributed by atoms with E-state index in [2.05, 4.69) is 38.1 Å². The fraction of sp³-hybridized carbons (Fsp3) is 0.190. The number of anilines is 1. The van der Waals surface area contributed by atoms with Crippen LogP contribution < -0.4 is 14.8 Å². The smallest absolute Gasteiger partial charge is 0.234 e. The Morgan fingerprint density at radius 2 is 2.03 bits per heavy atom. The largest absolute Gasteiger partial charge is 0.497 e. The van der Waals surface area contributed by atoms with Crippen molar-refractivity contribution in [3.8, 4) is 11.5 Å². The number of benzene rings is 2. The van der Waals surface area contributed by atoms with E-state index in [1.165, 1.54) is 11.8 Å². The second kappa shape index (κ2) is 10.8. The molecule has 2 aromatic carbocycles. The van der Waals surface area contributed by atoms with Gasteiger partial charge in [0.25, 0.3) is 0 Å². The number of allylic oxidation sites excluding steroid dienone is 1. The highest BCUT2D eigenvalue weighted by atomic mass is 79.9. The first-order valence-electron chi connectivity index (χ1n) is 9.07. The number of nitrogens with zero attached hydrogens (tertiary/aromatic N) is 3. The number of halogens is 1. The first-order chi connectivity index (χ1) is 14.6. The van der Waals surface area contributed by atoms with Crippen LogP contribution in [0.15, 0.2) is 70.7 Å². The third kappa shape index (κ3) is 6.11. The summed E-state index contributed by atoms with van der Waals surface area (Å²) in [5, 5.41) is 12.0. The Morgan fingerprint density at radius 1 is 1.27 bits per heavy atom. The Balaban J connectivity index is 1.64. The summed E-state index contributed by atoms with van der Waals surface area (Å²) in [5.41, 5.74) is 1.39. The van der Waals surface area contributed by atoms with Crippen molar-refractivity contribution in [2.75, 3.05) is 18.2 Å². The van der Waals surface area contributed by atoms with Crippen LogP contribution in [-0.4, -0.2) is 33.8 Å². The van der Waals surface area contributed by atoms with Crippen molar-refractivity contribution >= 4 is 39.3 Å². The maximum Gasteiger partial charge on any atom is 0.234 e. The summed E-state index contributed by atoms with van der Waals surface area (Å²) in [6, 6.07) is 14.8. The van der Waals surface area contributed by atoms with Crippen LogP contribution in [0, 0.1) is 0 Å². The van der Waals surface area contributed by atoms with Gasteiger partial charge in [-0.25, -0.2) is 4.68 Å². The van der Waals surface area contributed by atoms with Crippen LogP contribution in [0.3, 0.4) is 0 Å². The van der Waals surface area contributed by atoms with Crippen LogP contribution >= 0.6 is 27.7 Å².